The molecule has 0 atom stereocenters. The van der Waals surface area contributed by atoms with E-state index in [-0.39, 0.29) is 13.2 Å². The maximum Gasteiger partial charge on any atom is 0.261 e. The van der Waals surface area contributed by atoms with Gasteiger partial charge in [0.1, 0.15) is 12.4 Å². The highest BCUT2D eigenvalue weighted by molar-refractivity contribution is 5.06. The highest BCUT2D eigenvalue weighted by Crippen LogP contribution is 2.06. The van der Waals surface area contributed by atoms with E-state index in [9.17, 15) is 8.78 Å². The van der Waals surface area contributed by atoms with Crippen LogP contribution >= 0.6 is 0 Å². The van der Waals surface area contributed by atoms with E-state index in [1.807, 2.05) is 0 Å². The molecule has 6 heteroatoms. The van der Waals surface area contributed by atoms with Crippen LogP contribution in [0.4, 0.5) is 8.78 Å². The third-order valence-electron chi connectivity index (χ3n) is 1.64. The fraction of sp³-hybridized carbons (Fsp3) is 0.625. The topological polar surface area (TPSA) is 61.3 Å². The van der Waals surface area contributed by atoms with Crippen molar-refractivity contribution in [2.24, 2.45) is 5.73 Å². The molecule has 0 fully saturated rings. The number of oxazole rings is 1. The number of rotatable bonds is 6. The number of nitrogens with two attached hydrogens (primary N) is 1. The molecule has 0 aliphatic heterocycles. The zero-order valence-electron chi connectivity index (χ0n) is 7.58. The van der Waals surface area contributed by atoms with Gasteiger partial charge in [0, 0.05) is 13.0 Å². The molecule has 0 saturated carbocycles. The first-order chi connectivity index (χ1) is 6.74. The minimum absolute atomic E-state index is 0.187. The molecule has 4 nitrogen and oxygen atoms in total. The van der Waals surface area contributed by atoms with E-state index in [0.29, 0.717) is 17.9 Å². The molecule has 14 heavy (non-hydrogen) atoms. The van der Waals surface area contributed by atoms with Crippen LogP contribution in [0, 0.1) is 0 Å². The molecule has 0 radical (unpaired) electrons. The number of ether oxygens (including phenoxy) is 1. The van der Waals surface area contributed by atoms with E-state index in [0.717, 1.165) is 0 Å². The zero-order chi connectivity index (χ0) is 10.4. The average molecular weight is 206 g/mol. The molecule has 0 amide bonds. The zero-order valence-corrected chi connectivity index (χ0v) is 7.58. The molecule has 0 aliphatic rings. The molecule has 0 spiro atoms. The smallest absolute Gasteiger partial charge is 0.261 e. The van der Waals surface area contributed by atoms with Gasteiger partial charge in [0.15, 0.2) is 6.39 Å². The second kappa shape index (κ2) is 5.66. The maximum atomic E-state index is 11.7. The summed E-state index contributed by atoms with van der Waals surface area (Å²) in [5, 5.41) is 0. The number of halogens is 2. The summed E-state index contributed by atoms with van der Waals surface area (Å²) in [5.41, 5.74) is 6.01. The number of nitrogens with zero attached hydrogens (tertiary/aromatic N) is 1. The molecule has 0 bridgehead atoms. The number of hydrogen-bond acceptors (Lipinski definition) is 4. The summed E-state index contributed by atoms with van der Waals surface area (Å²) in [5.74, 6) is 0.599. The average Bonchev–Trinajstić information content (AvgIpc) is 2.59. The van der Waals surface area contributed by atoms with Gasteiger partial charge >= 0.3 is 0 Å². The lowest BCUT2D eigenvalue weighted by molar-refractivity contribution is 0.0176. The molecule has 0 aromatic carbocycles. The predicted molar refractivity (Wildman–Crippen MR) is 44.9 cm³/mol. The summed E-state index contributed by atoms with van der Waals surface area (Å²) in [7, 11) is 0. The predicted octanol–water partition coefficient (Wildman–Crippen LogP) is 0.957. The van der Waals surface area contributed by atoms with Gasteiger partial charge in [-0.25, -0.2) is 13.8 Å². The fourth-order valence-corrected chi connectivity index (χ4v) is 1.00. The quantitative estimate of drug-likeness (QED) is 0.704. The molecule has 2 N–H and O–H groups in total. The van der Waals surface area contributed by atoms with Crippen molar-refractivity contribution in [3.8, 4) is 0 Å². The Bertz CT molecular complexity index is 266. The lowest BCUT2D eigenvalue weighted by atomic mass is 10.3. The van der Waals surface area contributed by atoms with Crippen molar-refractivity contribution in [1.82, 2.24) is 4.98 Å². The summed E-state index contributed by atoms with van der Waals surface area (Å²) >= 11 is 0. The first-order valence-corrected chi connectivity index (χ1v) is 4.21. The first kappa shape index (κ1) is 11.1. The van der Waals surface area contributed by atoms with E-state index < -0.39 is 13.0 Å². The normalized spacial score (nSPS) is 11.1. The molecule has 80 valence electrons. The summed E-state index contributed by atoms with van der Waals surface area (Å²) < 4.78 is 33.0. The standard InChI is InChI=1S/C8H12F2N2O2/c9-8(10)4-13-2-1-7-6(3-11)12-5-14-7/h5,8H,1-4,11H2. The molecule has 1 heterocycles. The van der Waals surface area contributed by atoms with Gasteiger partial charge in [0.25, 0.3) is 6.43 Å². The Morgan fingerprint density at radius 2 is 2.36 bits per heavy atom. The summed E-state index contributed by atoms with van der Waals surface area (Å²) in [6.07, 6.45) is -0.733. The Kier molecular flexibility index (Phi) is 4.48. The van der Waals surface area contributed by atoms with Crippen LogP contribution < -0.4 is 5.73 Å². The SMILES string of the molecule is NCc1ncoc1CCOCC(F)F. The van der Waals surface area contributed by atoms with Gasteiger partial charge in [-0.2, -0.15) is 0 Å². The van der Waals surface area contributed by atoms with Crippen LogP contribution in [0.5, 0.6) is 0 Å². The van der Waals surface area contributed by atoms with E-state index in [1.54, 1.807) is 0 Å². The van der Waals surface area contributed by atoms with Crippen LogP contribution in [-0.2, 0) is 17.7 Å². The van der Waals surface area contributed by atoms with Crippen molar-refractivity contribution in [2.45, 2.75) is 19.4 Å². The van der Waals surface area contributed by atoms with Crippen molar-refractivity contribution >= 4 is 0 Å². The Morgan fingerprint density at radius 3 is 3.00 bits per heavy atom. The highest BCUT2D eigenvalue weighted by atomic mass is 19.3. The van der Waals surface area contributed by atoms with Gasteiger partial charge in [0.05, 0.1) is 12.3 Å². The molecular weight excluding hydrogens is 194 g/mol. The lowest BCUT2D eigenvalue weighted by Crippen LogP contribution is -2.08. The molecule has 1 rings (SSSR count). The minimum Gasteiger partial charge on any atom is -0.448 e. The van der Waals surface area contributed by atoms with Gasteiger partial charge in [-0.1, -0.05) is 0 Å². The Morgan fingerprint density at radius 1 is 1.57 bits per heavy atom. The van der Waals surface area contributed by atoms with E-state index in [4.69, 9.17) is 10.2 Å². The van der Waals surface area contributed by atoms with Gasteiger partial charge in [-0.3, -0.25) is 0 Å². The fourth-order valence-electron chi connectivity index (χ4n) is 1.00. The van der Waals surface area contributed by atoms with Crippen LogP contribution in [-0.4, -0.2) is 24.6 Å². The van der Waals surface area contributed by atoms with Crippen LogP contribution in [0.15, 0.2) is 10.8 Å². The van der Waals surface area contributed by atoms with E-state index >= 15 is 0 Å². The van der Waals surface area contributed by atoms with Crippen molar-refractivity contribution in [1.29, 1.82) is 0 Å². The number of aromatic nitrogens is 1. The van der Waals surface area contributed by atoms with Crippen LogP contribution in [0.2, 0.25) is 0 Å². The van der Waals surface area contributed by atoms with Crippen LogP contribution in [0.3, 0.4) is 0 Å². The molecule has 0 saturated heterocycles. The van der Waals surface area contributed by atoms with E-state index in [1.165, 1.54) is 6.39 Å². The Labute approximate surface area is 80.1 Å². The molecular formula is C8H12F2N2O2. The van der Waals surface area contributed by atoms with Gasteiger partial charge in [-0.05, 0) is 0 Å². The van der Waals surface area contributed by atoms with Gasteiger partial charge < -0.3 is 14.9 Å². The number of hydrogen-bond donors (Lipinski definition) is 1. The van der Waals surface area contributed by atoms with E-state index in [2.05, 4.69) is 9.72 Å². The summed E-state index contributed by atoms with van der Waals surface area (Å²) in [6.45, 7) is -0.0840. The Balaban J connectivity index is 2.24. The summed E-state index contributed by atoms with van der Waals surface area (Å²) in [6, 6.07) is 0. The van der Waals surface area contributed by atoms with Crippen molar-refractivity contribution in [3.05, 3.63) is 17.8 Å². The van der Waals surface area contributed by atoms with Crippen LogP contribution in [0.1, 0.15) is 11.5 Å². The largest absolute Gasteiger partial charge is 0.448 e. The molecule has 1 aromatic heterocycles. The van der Waals surface area contributed by atoms with Crippen molar-refractivity contribution in [2.75, 3.05) is 13.2 Å². The lowest BCUT2D eigenvalue weighted by Gasteiger charge is -2.01. The Hall–Kier alpha value is -1.01. The second-order valence-corrected chi connectivity index (χ2v) is 2.64. The van der Waals surface area contributed by atoms with Gasteiger partial charge in [0.2, 0.25) is 0 Å². The highest BCUT2D eigenvalue weighted by Gasteiger charge is 2.07. The van der Waals surface area contributed by atoms with Crippen molar-refractivity contribution in [3.63, 3.8) is 0 Å². The minimum atomic E-state index is -2.43. The summed E-state index contributed by atoms with van der Waals surface area (Å²) in [4.78, 5) is 3.85. The molecule has 1 aromatic rings. The van der Waals surface area contributed by atoms with Crippen molar-refractivity contribution < 1.29 is 17.9 Å². The molecule has 0 aliphatic carbocycles. The third-order valence-corrected chi connectivity index (χ3v) is 1.64. The number of alkyl halides is 2. The molecule has 0 unspecified atom stereocenters. The first-order valence-electron chi connectivity index (χ1n) is 4.21. The third kappa shape index (κ3) is 3.39. The van der Waals surface area contributed by atoms with Crippen LogP contribution in [0.25, 0.3) is 0 Å². The van der Waals surface area contributed by atoms with Gasteiger partial charge in [-0.15, -0.1) is 0 Å². The monoisotopic (exact) mass is 206 g/mol. The maximum absolute atomic E-state index is 11.7. The second-order valence-electron chi connectivity index (χ2n) is 2.64.